The Morgan fingerprint density at radius 1 is 1.19 bits per heavy atom. The number of rotatable bonds is 6. The van der Waals surface area contributed by atoms with E-state index in [-0.39, 0.29) is 4.90 Å². The Kier molecular flexibility index (Phi) is 6.69. The van der Waals surface area contributed by atoms with Gasteiger partial charge in [0, 0.05) is 6.92 Å². The Labute approximate surface area is 151 Å². The average molecular weight is 389 g/mol. The molecule has 0 unspecified atom stereocenters. The van der Waals surface area contributed by atoms with Crippen molar-refractivity contribution < 1.29 is 33.3 Å². The molecule has 11 heteroatoms. The van der Waals surface area contributed by atoms with Crippen LogP contribution in [0.3, 0.4) is 0 Å². The fourth-order valence-electron chi connectivity index (χ4n) is 2.55. The van der Waals surface area contributed by atoms with Gasteiger partial charge in [0.1, 0.15) is 24.5 Å². The summed E-state index contributed by atoms with van der Waals surface area (Å²) in [5.41, 5.74) is 3.28. The number of aliphatic hydroxyl groups excluding tert-OH is 3. The number of carbonyl (C=O) groups is 1. The fourth-order valence-corrected chi connectivity index (χ4v) is 3.43. The van der Waals surface area contributed by atoms with E-state index >= 15 is 0 Å². The van der Waals surface area contributed by atoms with Crippen molar-refractivity contribution in [3.05, 3.63) is 29.8 Å². The zero-order valence-electron chi connectivity index (χ0n) is 14.3. The van der Waals surface area contributed by atoms with Crippen LogP contribution in [0.15, 0.2) is 29.2 Å². The molecule has 0 bridgehead atoms. The molecule has 1 aromatic carbocycles. The molecule has 6 N–H and O–H groups in total. The quantitative estimate of drug-likeness (QED) is 0.297. The van der Waals surface area contributed by atoms with Crippen LogP contribution in [0.4, 0.5) is 0 Å². The van der Waals surface area contributed by atoms with Gasteiger partial charge < -0.3 is 25.4 Å². The van der Waals surface area contributed by atoms with Crippen LogP contribution in [0.5, 0.6) is 0 Å². The van der Waals surface area contributed by atoms with E-state index in [0.717, 1.165) is 5.56 Å². The lowest BCUT2D eigenvalue weighted by Gasteiger charge is -2.42. The van der Waals surface area contributed by atoms with Crippen LogP contribution in [0.1, 0.15) is 12.5 Å². The van der Waals surface area contributed by atoms with Gasteiger partial charge in [0.15, 0.2) is 0 Å². The molecule has 26 heavy (non-hydrogen) atoms. The van der Waals surface area contributed by atoms with Crippen molar-refractivity contribution in [2.45, 2.75) is 49.3 Å². The number of amides is 1. The normalized spacial score (nSPS) is 29.3. The summed E-state index contributed by atoms with van der Waals surface area (Å²) in [7, 11) is -3.94. The van der Waals surface area contributed by atoms with Gasteiger partial charge in [-0.3, -0.25) is 4.79 Å². The first kappa shape index (κ1) is 20.7. The van der Waals surface area contributed by atoms with Crippen LogP contribution in [-0.4, -0.2) is 66.8 Å². The second kappa shape index (κ2) is 8.39. The van der Waals surface area contributed by atoms with E-state index in [9.17, 15) is 28.5 Å². The van der Waals surface area contributed by atoms with Crippen LogP contribution in [0.25, 0.3) is 0 Å². The third kappa shape index (κ3) is 4.76. The van der Waals surface area contributed by atoms with Crippen molar-refractivity contribution in [2.24, 2.45) is 0 Å². The number of hydrogen-bond donors (Lipinski definition) is 6. The second-order valence-corrected chi connectivity index (χ2v) is 7.73. The van der Waals surface area contributed by atoms with E-state index in [0.29, 0.717) is 0 Å². The Bertz CT molecular complexity index is 725. The second-order valence-electron chi connectivity index (χ2n) is 6.05. The minimum atomic E-state index is -3.94. The Balaban J connectivity index is 2.15. The fraction of sp³-hybridized carbons (Fsp3) is 0.533. The van der Waals surface area contributed by atoms with Crippen molar-refractivity contribution >= 4 is 15.9 Å². The molecule has 2 rings (SSSR count). The summed E-state index contributed by atoms with van der Waals surface area (Å²) >= 11 is 0. The molecule has 146 valence electrons. The largest absolute Gasteiger partial charge is 0.394 e. The molecule has 0 radical (unpaired) electrons. The molecule has 1 heterocycles. The minimum absolute atomic E-state index is 0.00165. The summed E-state index contributed by atoms with van der Waals surface area (Å²) in [6.45, 7) is 2.41. The third-order valence-corrected chi connectivity index (χ3v) is 5.24. The molecule has 0 aromatic heterocycles. The number of benzene rings is 1. The van der Waals surface area contributed by atoms with E-state index < -0.39 is 53.1 Å². The lowest BCUT2D eigenvalue weighted by atomic mass is 9.96. The highest BCUT2D eigenvalue weighted by atomic mass is 32.2. The predicted molar refractivity (Wildman–Crippen MR) is 90.0 cm³/mol. The van der Waals surface area contributed by atoms with Gasteiger partial charge in [-0.15, -0.1) is 4.83 Å². The van der Waals surface area contributed by atoms with Gasteiger partial charge in [-0.2, -0.15) is 0 Å². The highest BCUT2D eigenvalue weighted by molar-refractivity contribution is 7.89. The van der Waals surface area contributed by atoms with Gasteiger partial charge in [-0.1, -0.05) is 17.7 Å². The third-order valence-electron chi connectivity index (χ3n) is 3.96. The van der Waals surface area contributed by atoms with E-state index in [4.69, 9.17) is 4.74 Å². The van der Waals surface area contributed by atoms with Gasteiger partial charge in [-0.25, -0.2) is 13.8 Å². The van der Waals surface area contributed by atoms with E-state index in [1.54, 1.807) is 12.1 Å². The van der Waals surface area contributed by atoms with Crippen LogP contribution in [0, 0.1) is 6.92 Å². The molecule has 5 atom stereocenters. The van der Waals surface area contributed by atoms with Crippen LogP contribution < -0.4 is 15.6 Å². The van der Waals surface area contributed by atoms with Crippen molar-refractivity contribution in [1.29, 1.82) is 0 Å². The number of sulfonamides is 1. The molecule has 0 saturated carbocycles. The summed E-state index contributed by atoms with van der Waals surface area (Å²) < 4.78 is 30.0. The standard InChI is InChI=1S/C15H23N3O7S/c1-8-3-5-10(6-4-8)26(23,24)18-17-15-12(16-9(2)20)14(22)13(21)11(7-19)25-15/h3-6,11-15,17-19,21-22H,7H2,1-2H3,(H,16,20)/t11-,12-,13-,14-,15-/m1/s1. The van der Waals surface area contributed by atoms with Crippen molar-refractivity contribution in [3.63, 3.8) is 0 Å². The molecular weight excluding hydrogens is 366 g/mol. The maximum absolute atomic E-state index is 12.3. The number of ether oxygens (including phenoxy) is 1. The molecule has 1 aliphatic heterocycles. The summed E-state index contributed by atoms with van der Waals surface area (Å²) in [5, 5.41) is 31.7. The lowest BCUT2D eigenvalue weighted by molar-refractivity contribution is -0.203. The van der Waals surface area contributed by atoms with Crippen LogP contribution in [0.2, 0.25) is 0 Å². The Morgan fingerprint density at radius 2 is 1.81 bits per heavy atom. The predicted octanol–water partition coefficient (Wildman–Crippen LogP) is -2.28. The lowest BCUT2D eigenvalue weighted by Crippen LogP contribution is -2.69. The molecule has 0 aliphatic carbocycles. The van der Waals surface area contributed by atoms with E-state index in [1.165, 1.54) is 19.1 Å². The summed E-state index contributed by atoms with van der Waals surface area (Å²) in [6, 6.07) is 4.95. The molecular formula is C15H23N3O7S. The SMILES string of the molecule is CC(=O)N[C@@H]1[C@@H](O)[C@H](O)[C@@H](CO)O[C@H]1NNS(=O)(=O)c1ccc(C)cc1. The molecule has 1 aromatic rings. The Hall–Kier alpha value is -1.60. The molecule has 1 fully saturated rings. The number of aryl methyl sites for hydroxylation is 1. The molecule has 1 saturated heterocycles. The molecule has 0 spiro atoms. The highest BCUT2D eigenvalue weighted by Gasteiger charge is 2.45. The maximum Gasteiger partial charge on any atom is 0.253 e. The first-order valence-corrected chi connectivity index (χ1v) is 9.37. The van der Waals surface area contributed by atoms with E-state index in [2.05, 4.69) is 15.6 Å². The molecule has 10 nitrogen and oxygen atoms in total. The van der Waals surface area contributed by atoms with Crippen LogP contribution >= 0.6 is 0 Å². The highest BCUT2D eigenvalue weighted by Crippen LogP contribution is 2.20. The average Bonchev–Trinajstić information content (AvgIpc) is 2.58. The topological polar surface area (TPSA) is 157 Å². The van der Waals surface area contributed by atoms with Gasteiger partial charge in [0.25, 0.3) is 10.0 Å². The van der Waals surface area contributed by atoms with E-state index in [1.807, 2.05) is 6.92 Å². The summed E-state index contributed by atoms with van der Waals surface area (Å²) in [5.74, 6) is -0.513. The molecule has 1 aliphatic rings. The number of hydrazine groups is 1. The number of carbonyl (C=O) groups excluding carboxylic acids is 1. The number of aliphatic hydroxyl groups is 3. The summed E-state index contributed by atoms with van der Waals surface area (Å²) in [6.07, 6.45) is -5.32. The van der Waals surface area contributed by atoms with Crippen molar-refractivity contribution in [2.75, 3.05) is 6.61 Å². The van der Waals surface area contributed by atoms with Gasteiger partial charge >= 0.3 is 0 Å². The molecule has 1 amide bonds. The van der Waals surface area contributed by atoms with Crippen LogP contribution in [-0.2, 0) is 19.6 Å². The van der Waals surface area contributed by atoms with Gasteiger partial charge in [0.2, 0.25) is 5.91 Å². The monoisotopic (exact) mass is 389 g/mol. The zero-order chi connectivity index (χ0) is 19.5. The summed E-state index contributed by atoms with van der Waals surface area (Å²) in [4.78, 5) is 13.5. The Morgan fingerprint density at radius 3 is 2.35 bits per heavy atom. The minimum Gasteiger partial charge on any atom is -0.394 e. The first-order chi connectivity index (χ1) is 12.2. The maximum atomic E-state index is 12.3. The van der Waals surface area contributed by atoms with Crippen molar-refractivity contribution in [3.8, 4) is 0 Å². The zero-order valence-corrected chi connectivity index (χ0v) is 15.1. The number of hydrogen-bond acceptors (Lipinski definition) is 8. The smallest absolute Gasteiger partial charge is 0.253 e. The van der Waals surface area contributed by atoms with Crippen molar-refractivity contribution in [1.82, 2.24) is 15.6 Å². The number of nitrogens with one attached hydrogen (secondary N) is 3. The van der Waals surface area contributed by atoms with Gasteiger partial charge in [-0.05, 0) is 19.1 Å². The first-order valence-electron chi connectivity index (χ1n) is 7.89. The van der Waals surface area contributed by atoms with Gasteiger partial charge in [0.05, 0.1) is 17.5 Å².